The third kappa shape index (κ3) is 6.79. The molecule has 2 aliphatic heterocycles. The number of allylic oxidation sites excluding steroid dienone is 1. The number of carbonyl (C=O) groups is 2. The molecule has 2 N–H and O–H groups in total. The highest BCUT2D eigenvalue weighted by atomic mass is 32.2. The first kappa shape index (κ1) is 31.3. The summed E-state index contributed by atoms with van der Waals surface area (Å²) in [7, 11) is 0. The number of benzene rings is 3. The molecule has 0 bridgehead atoms. The number of carbonyl (C=O) groups excluding carboxylic acids is 2. The standard InChI is InChI=1S/C35H37FN6O3S/c1-22-10-9-13-29(23(22)2)38-33(44)31-24(3)37-34-39-35(46-21-26-11-5-6-12-28(26)36)40-42(34)32(31)25-14-16-27(17-15-25)45-20-30(43)41-18-7-4-8-19-41/h5-6,9-17,32H,4,7-8,18-21H2,1-3H3,(H,38,44)(H,37,39,40). The van der Waals surface area contributed by atoms with Gasteiger partial charge >= 0.3 is 0 Å². The lowest BCUT2D eigenvalue weighted by Crippen LogP contribution is -2.38. The maximum absolute atomic E-state index is 14.3. The lowest BCUT2D eigenvalue weighted by Gasteiger charge is -2.29. The predicted octanol–water partition coefficient (Wildman–Crippen LogP) is 6.65. The zero-order valence-electron chi connectivity index (χ0n) is 26.2. The van der Waals surface area contributed by atoms with E-state index in [2.05, 4.69) is 15.6 Å². The van der Waals surface area contributed by atoms with Crippen LogP contribution in [-0.4, -0.2) is 51.2 Å². The Morgan fingerprint density at radius 2 is 1.76 bits per heavy atom. The summed E-state index contributed by atoms with van der Waals surface area (Å²) in [6.45, 7) is 7.36. The first-order chi connectivity index (χ1) is 22.3. The Morgan fingerprint density at radius 1 is 1.00 bits per heavy atom. The summed E-state index contributed by atoms with van der Waals surface area (Å²) in [6.07, 6.45) is 3.20. The van der Waals surface area contributed by atoms with E-state index in [9.17, 15) is 14.0 Å². The zero-order chi connectivity index (χ0) is 32.2. The minimum Gasteiger partial charge on any atom is -0.484 e. The molecule has 1 aromatic heterocycles. The van der Waals surface area contributed by atoms with Crippen LogP contribution in [0.2, 0.25) is 0 Å². The number of aryl methyl sites for hydroxylation is 1. The van der Waals surface area contributed by atoms with E-state index in [1.54, 1.807) is 35.0 Å². The van der Waals surface area contributed by atoms with Gasteiger partial charge in [-0.25, -0.2) is 9.07 Å². The largest absolute Gasteiger partial charge is 0.484 e. The van der Waals surface area contributed by atoms with Crippen LogP contribution in [0.1, 0.15) is 54.5 Å². The monoisotopic (exact) mass is 640 g/mol. The van der Waals surface area contributed by atoms with Crippen LogP contribution >= 0.6 is 11.8 Å². The average molecular weight is 641 g/mol. The number of likely N-dealkylation sites (tertiary alicyclic amines) is 1. The molecule has 3 aromatic carbocycles. The number of piperidine rings is 1. The predicted molar refractivity (Wildman–Crippen MR) is 177 cm³/mol. The van der Waals surface area contributed by atoms with Gasteiger partial charge in [0.05, 0.1) is 5.57 Å². The number of rotatable bonds is 9. The molecule has 0 radical (unpaired) electrons. The number of halogens is 1. The van der Waals surface area contributed by atoms with Crippen molar-refractivity contribution in [3.63, 3.8) is 0 Å². The normalized spacial score (nSPS) is 16.1. The van der Waals surface area contributed by atoms with Crippen LogP contribution in [0.3, 0.4) is 0 Å². The van der Waals surface area contributed by atoms with E-state index >= 15 is 0 Å². The van der Waals surface area contributed by atoms with Gasteiger partial charge in [0.15, 0.2) is 6.61 Å². The average Bonchev–Trinajstić information content (AvgIpc) is 3.47. The van der Waals surface area contributed by atoms with Crippen molar-refractivity contribution in [3.8, 4) is 5.75 Å². The Morgan fingerprint density at radius 3 is 2.52 bits per heavy atom. The van der Waals surface area contributed by atoms with Crippen molar-refractivity contribution in [2.75, 3.05) is 30.3 Å². The Labute approximate surface area is 272 Å². The molecule has 1 atom stereocenters. The van der Waals surface area contributed by atoms with Crippen molar-refractivity contribution in [1.82, 2.24) is 19.7 Å². The van der Waals surface area contributed by atoms with Crippen LogP contribution in [-0.2, 0) is 15.3 Å². The summed E-state index contributed by atoms with van der Waals surface area (Å²) in [5.74, 6) is 0.837. The fourth-order valence-electron chi connectivity index (χ4n) is 5.75. The number of ether oxygens (including phenoxy) is 1. The second-order valence-electron chi connectivity index (χ2n) is 11.6. The second kappa shape index (κ2) is 13.8. The molecule has 2 aliphatic rings. The summed E-state index contributed by atoms with van der Waals surface area (Å²) < 4.78 is 21.9. The lowest BCUT2D eigenvalue weighted by atomic mass is 9.94. The molecule has 2 amide bonds. The number of hydrogen-bond donors (Lipinski definition) is 2. The smallest absolute Gasteiger partial charge is 0.260 e. The molecule has 9 nitrogen and oxygen atoms in total. The van der Waals surface area contributed by atoms with E-state index in [-0.39, 0.29) is 24.2 Å². The Bertz CT molecular complexity index is 1780. The minimum atomic E-state index is -0.610. The molecular weight excluding hydrogens is 603 g/mol. The fraction of sp³-hybridized carbons (Fsp3) is 0.314. The Hall–Kier alpha value is -4.64. The summed E-state index contributed by atoms with van der Waals surface area (Å²) >= 11 is 1.32. The van der Waals surface area contributed by atoms with Crippen molar-refractivity contribution < 1.29 is 18.7 Å². The molecular formula is C35H37FN6O3S. The minimum absolute atomic E-state index is 0.0150. The Balaban J connectivity index is 1.28. The van der Waals surface area contributed by atoms with Crippen molar-refractivity contribution >= 4 is 35.2 Å². The number of amides is 2. The fourth-order valence-corrected chi connectivity index (χ4v) is 6.57. The number of fused-ring (bicyclic) bond motifs is 1. The van der Waals surface area contributed by atoms with Gasteiger partial charge in [0.2, 0.25) is 11.1 Å². The summed E-state index contributed by atoms with van der Waals surface area (Å²) in [5, 5.41) is 11.6. The molecule has 1 unspecified atom stereocenters. The van der Waals surface area contributed by atoms with Crippen molar-refractivity contribution in [1.29, 1.82) is 0 Å². The molecule has 46 heavy (non-hydrogen) atoms. The lowest BCUT2D eigenvalue weighted by molar-refractivity contribution is -0.134. The zero-order valence-corrected chi connectivity index (χ0v) is 27.0. The number of nitrogens with zero attached hydrogens (tertiary/aromatic N) is 4. The van der Waals surface area contributed by atoms with E-state index in [4.69, 9.17) is 9.84 Å². The van der Waals surface area contributed by atoms with Crippen LogP contribution in [0.5, 0.6) is 5.75 Å². The van der Waals surface area contributed by atoms with E-state index in [0.29, 0.717) is 39.4 Å². The van der Waals surface area contributed by atoms with Gasteiger partial charge in [0.1, 0.15) is 17.6 Å². The van der Waals surface area contributed by atoms with E-state index in [1.807, 2.05) is 56.0 Å². The molecule has 4 aromatic rings. The van der Waals surface area contributed by atoms with Crippen molar-refractivity contribution in [3.05, 3.63) is 106 Å². The van der Waals surface area contributed by atoms with E-state index in [0.717, 1.165) is 54.7 Å². The SMILES string of the molecule is CC1=C(C(=O)Nc2cccc(C)c2C)C(c2ccc(OCC(=O)N3CCCCC3)cc2)n2nc(SCc3ccccc3F)nc2N1. The molecule has 1 saturated heterocycles. The highest BCUT2D eigenvalue weighted by molar-refractivity contribution is 7.98. The molecule has 1 fully saturated rings. The van der Waals surface area contributed by atoms with Gasteiger partial charge in [-0.1, -0.05) is 54.2 Å². The molecule has 6 rings (SSSR count). The van der Waals surface area contributed by atoms with Gasteiger partial charge in [0.25, 0.3) is 11.8 Å². The highest BCUT2D eigenvalue weighted by Gasteiger charge is 2.35. The first-order valence-corrected chi connectivity index (χ1v) is 16.5. The van der Waals surface area contributed by atoms with Crippen LogP contribution < -0.4 is 15.4 Å². The number of thioether (sulfide) groups is 1. The second-order valence-corrected chi connectivity index (χ2v) is 12.6. The number of hydrogen-bond acceptors (Lipinski definition) is 7. The molecule has 0 spiro atoms. The Kier molecular flexibility index (Phi) is 9.39. The third-order valence-corrected chi connectivity index (χ3v) is 9.40. The van der Waals surface area contributed by atoms with Gasteiger partial charge in [-0.3, -0.25) is 9.59 Å². The third-order valence-electron chi connectivity index (χ3n) is 8.51. The molecule has 0 saturated carbocycles. The maximum Gasteiger partial charge on any atom is 0.260 e. The van der Waals surface area contributed by atoms with Gasteiger partial charge < -0.3 is 20.3 Å². The van der Waals surface area contributed by atoms with Crippen LogP contribution in [0, 0.1) is 19.7 Å². The van der Waals surface area contributed by atoms with Gasteiger partial charge in [-0.2, -0.15) is 4.98 Å². The van der Waals surface area contributed by atoms with Crippen LogP contribution in [0.25, 0.3) is 0 Å². The number of nitrogens with one attached hydrogen (secondary N) is 2. The van der Waals surface area contributed by atoms with E-state index < -0.39 is 6.04 Å². The number of anilines is 2. The molecule has 11 heteroatoms. The number of aromatic nitrogens is 3. The highest BCUT2D eigenvalue weighted by Crippen LogP contribution is 2.38. The maximum atomic E-state index is 14.3. The van der Waals surface area contributed by atoms with Gasteiger partial charge in [-0.05, 0) is 86.6 Å². The van der Waals surface area contributed by atoms with Gasteiger partial charge in [-0.15, -0.1) is 5.10 Å². The van der Waals surface area contributed by atoms with Crippen molar-refractivity contribution in [2.45, 2.75) is 57.0 Å². The summed E-state index contributed by atoms with van der Waals surface area (Å²) in [6, 6.07) is 19.2. The summed E-state index contributed by atoms with van der Waals surface area (Å²) in [5.41, 5.74) is 5.27. The first-order valence-electron chi connectivity index (χ1n) is 15.5. The quantitative estimate of drug-likeness (QED) is 0.198. The molecule has 3 heterocycles. The van der Waals surface area contributed by atoms with Crippen LogP contribution in [0.4, 0.5) is 16.0 Å². The van der Waals surface area contributed by atoms with Gasteiger partial charge in [0, 0.05) is 30.2 Å². The van der Waals surface area contributed by atoms with E-state index in [1.165, 1.54) is 17.8 Å². The van der Waals surface area contributed by atoms with Crippen LogP contribution in [0.15, 0.2) is 83.2 Å². The topological polar surface area (TPSA) is 101 Å². The molecule has 238 valence electrons. The molecule has 0 aliphatic carbocycles. The van der Waals surface area contributed by atoms with Crippen molar-refractivity contribution in [2.24, 2.45) is 0 Å². The summed E-state index contributed by atoms with van der Waals surface area (Å²) in [4.78, 5) is 33.2.